The second kappa shape index (κ2) is 6.33. The van der Waals surface area contributed by atoms with Gasteiger partial charge in [0.1, 0.15) is 17.0 Å². The number of furan rings is 1. The SMILES string of the molecule is Cn1nc(C(=O)Nc2ccc(-c3cc4ccccc4o3)cc2)ccc1=O. The molecule has 26 heavy (non-hydrogen) atoms. The van der Waals surface area contributed by atoms with Crippen LogP contribution in [0.25, 0.3) is 22.3 Å². The molecule has 0 unspecified atom stereocenters. The summed E-state index contributed by atoms with van der Waals surface area (Å²) in [7, 11) is 1.50. The summed E-state index contributed by atoms with van der Waals surface area (Å²) in [5.41, 5.74) is 2.29. The molecule has 0 bridgehead atoms. The topological polar surface area (TPSA) is 77.1 Å². The summed E-state index contributed by atoms with van der Waals surface area (Å²) in [5, 5.41) is 7.74. The number of hydrogen-bond acceptors (Lipinski definition) is 4. The third kappa shape index (κ3) is 3.00. The normalized spacial score (nSPS) is 10.8. The van der Waals surface area contributed by atoms with Crippen molar-refractivity contribution in [3.05, 3.63) is 82.8 Å². The van der Waals surface area contributed by atoms with E-state index in [2.05, 4.69) is 10.4 Å². The van der Waals surface area contributed by atoms with E-state index in [4.69, 9.17) is 4.42 Å². The first-order valence-electron chi connectivity index (χ1n) is 8.05. The van der Waals surface area contributed by atoms with Gasteiger partial charge in [-0.15, -0.1) is 0 Å². The number of nitrogens with one attached hydrogen (secondary N) is 1. The summed E-state index contributed by atoms with van der Waals surface area (Å²) in [6.45, 7) is 0. The number of rotatable bonds is 3. The van der Waals surface area contributed by atoms with E-state index in [0.29, 0.717) is 5.69 Å². The highest BCUT2D eigenvalue weighted by atomic mass is 16.3. The number of para-hydroxylation sites is 1. The van der Waals surface area contributed by atoms with E-state index in [-0.39, 0.29) is 17.2 Å². The van der Waals surface area contributed by atoms with Gasteiger partial charge < -0.3 is 9.73 Å². The Morgan fingerprint density at radius 1 is 1.04 bits per heavy atom. The smallest absolute Gasteiger partial charge is 0.276 e. The minimum atomic E-state index is -0.378. The molecule has 2 aromatic heterocycles. The number of anilines is 1. The molecule has 128 valence electrons. The molecule has 0 saturated heterocycles. The zero-order chi connectivity index (χ0) is 18.1. The molecule has 0 radical (unpaired) electrons. The standard InChI is InChI=1S/C20H15N3O3/c1-23-19(24)11-10-16(22-23)20(25)21-15-8-6-13(7-9-15)18-12-14-4-2-3-5-17(14)26-18/h2-12H,1H3,(H,21,25). The first-order valence-corrected chi connectivity index (χ1v) is 8.05. The Hall–Kier alpha value is -3.67. The van der Waals surface area contributed by atoms with E-state index < -0.39 is 0 Å². The van der Waals surface area contributed by atoms with Crippen LogP contribution in [0.5, 0.6) is 0 Å². The molecule has 0 saturated carbocycles. The molecule has 2 heterocycles. The van der Waals surface area contributed by atoms with Crippen LogP contribution in [0.2, 0.25) is 0 Å². The second-order valence-electron chi connectivity index (χ2n) is 5.86. The Morgan fingerprint density at radius 3 is 2.54 bits per heavy atom. The molecule has 6 heteroatoms. The van der Waals surface area contributed by atoms with E-state index >= 15 is 0 Å². The van der Waals surface area contributed by atoms with Crippen molar-refractivity contribution >= 4 is 22.6 Å². The summed E-state index contributed by atoms with van der Waals surface area (Å²) in [5.74, 6) is 0.390. The van der Waals surface area contributed by atoms with Crippen LogP contribution in [0.3, 0.4) is 0 Å². The van der Waals surface area contributed by atoms with Gasteiger partial charge >= 0.3 is 0 Å². The Morgan fingerprint density at radius 2 is 1.81 bits per heavy atom. The lowest BCUT2D eigenvalue weighted by Gasteiger charge is -2.06. The fourth-order valence-electron chi connectivity index (χ4n) is 2.66. The van der Waals surface area contributed by atoms with Gasteiger partial charge in [0.25, 0.3) is 11.5 Å². The lowest BCUT2D eigenvalue weighted by molar-refractivity contribution is 0.102. The number of hydrogen-bond donors (Lipinski definition) is 1. The lowest BCUT2D eigenvalue weighted by Crippen LogP contribution is -2.23. The summed E-state index contributed by atoms with van der Waals surface area (Å²) in [4.78, 5) is 23.6. The molecule has 0 aliphatic heterocycles. The van der Waals surface area contributed by atoms with Crippen LogP contribution >= 0.6 is 0 Å². The minimum Gasteiger partial charge on any atom is -0.456 e. The fraction of sp³-hybridized carbons (Fsp3) is 0.0500. The molecule has 6 nitrogen and oxygen atoms in total. The predicted octanol–water partition coefficient (Wildman–Crippen LogP) is 3.45. The van der Waals surface area contributed by atoms with Crippen molar-refractivity contribution in [2.24, 2.45) is 7.05 Å². The van der Waals surface area contributed by atoms with Gasteiger partial charge in [0.05, 0.1) is 0 Å². The maximum absolute atomic E-state index is 12.2. The molecular formula is C20H15N3O3. The maximum atomic E-state index is 12.2. The maximum Gasteiger partial charge on any atom is 0.276 e. The summed E-state index contributed by atoms with van der Waals surface area (Å²) in [6.07, 6.45) is 0. The van der Waals surface area contributed by atoms with Crippen LogP contribution in [-0.2, 0) is 7.05 Å². The number of benzene rings is 2. The van der Waals surface area contributed by atoms with Crippen molar-refractivity contribution in [3.63, 3.8) is 0 Å². The molecule has 1 amide bonds. The minimum absolute atomic E-state index is 0.175. The molecule has 1 N–H and O–H groups in total. The Bertz CT molecular complexity index is 1120. The van der Waals surface area contributed by atoms with Crippen molar-refractivity contribution in [3.8, 4) is 11.3 Å². The van der Waals surface area contributed by atoms with E-state index in [1.165, 1.54) is 19.2 Å². The van der Waals surface area contributed by atoms with Crippen LogP contribution < -0.4 is 10.9 Å². The van der Waals surface area contributed by atoms with Gasteiger partial charge in [-0.25, -0.2) is 4.68 Å². The van der Waals surface area contributed by atoms with Crippen molar-refractivity contribution in [1.82, 2.24) is 9.78 Å². The number of aromatic nitrogens is 2. The highest BCUT2D eigenvalue weighted by Gasteiger charge is 2.10. The first-order chi connectivity index (χ1) is 12.6. The van der Waals surface area contributed by atoms with Crippen LogP contribution in [0.15, 0.2) is 75.9 Å². The average molecular weight is 345 g/mol. The summed E-state index contributed by atoms with van der Waals surface area (Å²) >= 11 is 0. The predicted molar refractivity (Wildman–Crippen MR) is 99.1 cm³/mol. The van der Waals surface area contributed by atoms with Crippen molar-refractivity contribution < 1.29 is 9.21 Å². The zero-order valence-corrected chi connectivity index (χ0v) is 14.0. The van der Waals surface area contributed by atoms with E-state index in [9.17, 15) is 9.59 Å². The Labute approximate surface area is 148 Å². The van der Waals surface area contributed by atoms with Crippen LogP contribution in [0.1, 0.15) is 10.5 Å². The molecule has 0 aliphatic carbocycles. The number of fused-ring (bicyclic) bond motifs is 1. The van der Waals surface area contributed by atoms with E-state index in [0.717, 1.165) is 27.0 Å². The number of carbonyl (C=O) groups is 1. The second-order valence-corrected chi connectivity index (χ2v) is 5.86. The quantitative estimate of drug-likeness (QED) is 0.617. The van der Waals surface area contributed by atoms with Crippen LogP contribution in [0.4, 0.5) is 5.69 Å². The van der Waals surface area contributed by atoms with Gasteiger partial charge in [-0.1, -0.05) is 18.2 Å². The number of aryl methyl sites for hydroxylation is 1. The highest BCUT2D eigenvalue weighted by molar-refractivity contribution is 6.02. The van der Waals surface area contributed by atoms with Crippen LogP contribution in [0, 0.1) is 0 Å². The Balaban J connectivity index is 1.54. The molecule has 2 aromatic carbocycles. The van der Waals surface area contributed by atoms with Gasteiger partial charge in [-0.05, 0) is 42.5 Å². The van der Waals surface area contributed by atoms with Gasteiger partial charge in [0.2, 0.25) is 0 Å². The summed E-state index contributed by atoms with van der Waals surface area (Å²) in [6, 6.07) is 19.9. The third-order valence-corrected chi connectivity index (χ3v) is 4.05. The van der Waals surface area contributed by atoms with Crippen LogP contribution in [-0.4, -0.2) is 15.7 Å². The molecule has 0 atom stereocenters. The molecule has 0 spiro atoms. The van der Waals surface area contributed by atoms with Gasteiger partial charge in [0, 0.05) is 29.8 Å². The Kier molecular flexibility index (Phi) is 3.85. The van der Waals surface area contributed by atoms with E-state index in [1.807, 2.05) is 42.5 Å². The number of amides is 1. The third-order valence-electron chi connectivity index (χ3n) is 4.05. The monoisotopic (exact) mass is 345 g/mol. The molecular weight excluding hydrogens is 330 g/mol. The van der Waals surface area contributed by atoms with Gasteiger partial charge in [-0.3, -0.25) is 9.59 Å². The molecule has 0 fully saturated rings. The molecule has 4 aromatic rings. The van der Waals surface area contributed by atoms with Crippen molar-refractivity contribution in [2.75, 3.05) is 5.32 Å². The van der Waals surface area contributed by atoms with Crippen molar-refractivity contribution in [1.29, 1.82) is 0 Å². The lowest BCUT2D eigenvalue weighted by atomic mass is 10.1. The van der Waals surface area contributed by atoms with Gasteiger partial charge in [-0.2, -0.15) is 5.10 Å². The first kappa shape index (κ1) is 15.8. The number of carbonyl (C=O) groups excluding carboxylic acids is 1. The highest BCUT2D eigenvalue weighted by Crippen LogP contribution is 2.28. The number of nitrogens with zero attached hydrogens (tertiary/aromatic N) is 2. The molecule has 0 aliphatic rings. The molecule has 4 rings (SSSR count). The summed E-state index contributed by atoms with van der Waals surface area (Å²) < 4.78 is 6.96. The van der Waals surface area contributed by atoms with E-state index in [1.54, 1.807) is 12.1 Å². The largest absolute Gasteiger partial charge is 0.456 e. The van der Waals surface area contributed by atoms with Gasteiger partial charge in [0.15, 0.2) is 0 Å². The average Bonchev–Trinajstić information content (AvgIpc) is 3.08. The van der Waals surface area contributed by atoms with Crippen molar-refractivity contribution in [2.45, 2.75) is 0 Å². The fourth-order valence-corrected chi connectivity index (χ4v) is 2.66. The zero-order valence-electron chi connectivity index (χ0n) is 14.0.